The number of amides is 1. The topological polar surface area (TPSA) is 108 Å². The van der Waals surface area contributed by atoms with Crippen LogP contribution in [0.4, 0.5) is 0 Å². The molecule has 0 saturated carbocycles. The van der Waals surface area contributed by atoms with Gasteiger partial charge in [-0.25, -0.2) is 4.63 Å². The number of nitrogens with zero attached hydrogens (tertiary/aromatic N) is 3. The Labute approximate surface area is 71.5 Å². The molecule has 1 amide bonds. The Kier molecular flexibility index (Phi) is 1.55. The van der Waals surface area contributed by atoms with Crippen LogP contribution >= 0.6 is 0 Å². The van der Waals surface area contributed by atoms with Crippen LogP contribution in [-0.2, 0) is 0 Å². The molecule has 0 unspecified atom stereocenters. The van der Waals surface area contributed by atoms with E-state index in [4.69, 9.17) is 5.73 Å². The van der Waals surface area contributed by atoms with E-state index >= 15 is 0 Å². The molecule has 2 aromatic heterocycles. The van der Waals surface area contributed by atoms with E-state index in [9.17, 15) is 4.79 Å². The third kappa shape index (κ3) is 1.15. The molecule has 2 N–H and O–H groups in total. The highest BCUT2D eigenvalue weighted by Gasteiger charge is 2.18. The maximum absolute atomic E-state index is 10.8. The maximum Gasteiger partial charge on any atom is 0.273 e. The first-order valence-electron chi connectivity index (χ1n) is 3.32. The second kappa shape index (κ2) is 2.70. The Morgan fingerprint density at radius 3 is 2.85 bits per heavy atom. The molecule has 13 heavy (non-hydrogen) atoms. The fourth-order valence-corrected chi connectivity index (χ4v) is 0.853. The Hall–Kier alpha value is -2.18. The quantitative estimate of drug-likeness (QED) is 0.686. The second-order valence-electron chi connectivity index (χ2n) is 2.21. The van der Waals surface area contributed by atoms with Crippen LogP contribution in [0.1, 0.15) is 10.5 Å². The summed E-state index contributed by atoms with van der Waals surface area (Å²) in [7, 11) is 0. The van der Waals surface area contributed by atoms with E-state index in [2.05, 4.69) is 24.6 Å². The van der Waals surface area contributed by atoms with Gasteiger partial charge in [-0.3, -0.25) is 4.79 Å². The lowest BCUT2D eigenvalue weighted by atomic mass is 10.2. The normalized spacial score (nSPS) is 10.2. The monoisotopic (exact) mass is 180 g/mol. The molecule has 0 aromatic carbocycles. The zero-order valence-corrected chi connectivity index (χ0v) is 6.30. The molecule has 0 spiro atoms. The molecule has 0 atom stereocenters. The highest BCUT2D eigenvalue weighted by Crippen LogP contribution is 2.16. The number of rotatable bonds is 2. The molecule has 2 aromatic rings. The fraction of sp³-hybridized carbons (Fsp3) is 0. The Balaban J connectivity index is 2.52. The van der Waals surface area contributed by atoms with Crippen LogP contribution in [0, 0.1) is 0 Å². The summed E-state index contributed by atoms with van der Waals surface area (Å²) >= 11 is 0. The number of nitrogens with two attached hydrogens (primary N) is 1. The van der Waals surface area contributed by atoms with Crippen molar-refractivity contribution in [1.82, 2.24) is 15.5 Å². The molecule has 2 heterocycles. The summed E-state index contributed by atoms with van der Waals surface area (Å²) in [5.74, 6) is -0.723. The van der Waals surface area contributed by atoms with Crippen LogP contribution in [-0.4, -0.2) is 21.4 Å². The van der Waals surface area contributed by atoms with Crippen molar-refractivity contribution in [1.29, 1.82) is 0 Å². The summed E-state index contributed by atoms with van der Waals surface area (Å²) in [6.45, 7) is 0. The fourth-order valence-electron chi connectivity index (χ4n) is 0.853. The van der Waals surface area contributed by atoms with Crippen molar-refractivity contribution in [2.24, 2.45) is 5.73 Å². The number of primary amides is 1. The van der Waals surface area contributed by atoms with Gasteiger partial charge in [-0.05, 0) is 10.3 Å². The van der Waals surface area contributed by atoms with Crippen LogP contribution in [0.2, 0.25) is 0 Å². The summed E-state index contributed by atoms with van der Waals surface area (Å²) in [6.07, 6.45) is 1.34. The third-order valence-corrected chi connectivity index (χ3v) is 1.40. The van der Waals surface area contributed by atoms with E-state index in [0.29, 0.717) is 5.69 Å². The van der Waals surface area contributed by atoms with Crippen LogP contribution in [0.5, 0.6) is 0 Å². The van der Waals surface area contributed by atoms with Gasteiger partial charge in [-0.2, -0.15) is 0 Å². The minimum atomic E-state index is -0.723. The lowest BCUT2D eigenvalue weighted by molar-refractivity contribution is 0.0991. The predicted molar refractivity (Wildman–Crippen MR) is 38.3 cm³/mol. The van der Waals surface area contributed by atoms with Crippen LogP contribution in [0.25, 0.3) is 11.4 Å². The first-order valence-corrected chi connectivity index (χ1v) is 3.32. The molecule has 66 valence electrons. The largest absolute Gasteiger partial charge is 0.364 e. The van der Waals surface area contributed by atoms with Crippen molar-refractivity contribution >= 4 is 5.91 Å². The van der Waals surface area contributed by atoms with E-state index in [1.54, 1.807) is 0 Å². The average molecular weight is 180 g/mol. The van der Waals surface area contributed by atoms with E-state index in [0.717, 1.165) is 0 Å². The van der Waals surface area contributed by atoms with Crippen molar-refractivity contribution in [3.63, 3.8) is 0 Å². The van der Waals surface area contributed by atoms with Crippen molar-refractivity contribution in [2.75, 3.05) is 0 Å². The average Bonchev–Trinajstić information content (AvgIpc) is 2.74. The van der Waals surface area contributed by atoms with E-state index in [-0.39, 0.29) is 11.4 Å². The molecule has 7 heteroatoms. The molecule has 2 rings (SSSR count). The zero-order chi connectivity index (χ0) is 9.26. The highest BCUT2D eigenvalue weighted by molar-refractivity contribution is 5.95. The van der Waals surface area contributed by atoms with E-state index in [1.165, 1.54) is 12.3 Å². The van der Waals surface area contributed by atoms with Gasteiger partial charge in [0.2, 0.25) is 5.69 Å². The summed E-state index contributed by atoms with van der Waals surface area (Å²) in [5.41, 5.74) is 5.48. The molecular weight excluding hydrogens is 176 g/mol. The van der Waals surface area contributed by atoms with Crippen molar-refractivity contribution < 1.29 is 13.9 Å². The molecule has 0 fully saturated rings. The molecule has 0 aliphatic rings. The minimum absolute atomic E-state index is 0.0612. The highest BCUT2D eigenvalue weighted by atomic mass is 16.6. The van der Waals surface area contributed by atoms with Gasteiger partial charge in [0.05, 0.1) is 0 Å². The number of hydrogen-bond acceptors (Lipinski definition) is 6. The number of aromatic nitrogens is 3. The first kappa shape index (κ1) is 7.47. The van der Waals surface area contributed by atoms with Crippen molar-refractivity contribution in [2.45, 2.75) is 0 Å². The third-order valence-electron chi connectivity index (χ3n) is 1.40. The van der Waals surface area contributed by atoms with Crippen LogP contribution in [0.15, 0.2) is 21.5 Å². The second-order valence-corrected chi connectivity index (χ2v) is 2.21. The number of carbonyl (C=O) groups is 1. The zero-order valence-electron chi connectivity index (χ0n) is 6.30. The summed E-state index contributed by atoms with van der Waals surface area (Å²) < 4.78 is 8.91. The van der Waals surface area contributed by atoms with E-state index in [1.807, 2.05) is 0 Å². The van der Waals surface area contributed by atoms with Gasteiger partial charge in [-0.1, -0.05) is 5.16 Å². The molecule has 0 aliphatic carbocycles. The van der Waals surface area contributed by atoms with Crippen LogP contribution in [0.3, 0.4) is 0 Å². The summed E-state index contributed by atoms with van der Waals surface area (Å²) in [4.78, 5) is 10.8. The molecule has 7 nitrogen and oxygen atoms in total. The summed E-state index contributed by atoms with van der Waals surface area (Å²) in [6, 6.07) is 1.52. The predicted octanol–water partition coefficient (Wildman–Crippen LogP) is -0.177. The molecule has 0 aliphatic heterocycles. The van der Waals surface area contributed by atoms with Crippen molar-refractivity contribution in [3.05, 3.63) is 18.0 Å². The van der Waals surface area contributed by atoms with Crippen LogP contribution < -0.4 is 5.73 Å². The van der Waals surface area contributed by atoms with Gasteiger partial charge in [-0.15, -0.1) is 0 Å². The molecule has 0 radical (unpaired) electrons. The maximum atomic E-state index is 10.8. The van der Waals surface area contributed by atoms with Gasteiger partial charge < -0.3 is 10.3 Å². The van der Waals surface area contributed by atoms with Gasteiger partial charge in [0.1, 0.15) is 12.0 Å². The van der Waals surface area contributed by atoms with E-state index < -0.39 is 5.91 Å². The molecule has 0 saturated heterocycles. The molecular formula is C6H4N4O3. The lowest BCUT2D eigenvalue weighted by Crippen LogP contribution is -2.12. The Morgan fingerprint density at radius 1 is 1.38 bits per heavy atom. The summed E-state index contributed by atoms with van der Waals surface area (Å²) in [5, 5.41) is 10.4. The molecule has 0 bridgehead atoms. The van der Waals surface area contributed by atoms with Gasteiger partial charge in [0.15, 0.2) is 5.69 Å². The van der Waals surface area contributed by atoms with Gasteiger partial charge >= 0.3 is 0 Å². The Morgan fingerprint density at radius 2 is 2.23 bits per heavy atom. The lowest BCUT2D eigenvalue weighted by Gasteiger charge is -1.86. The number of carbonyl (C=O) groups excluding carboxylic acids is 1. The first-order chi connectivity index (χ1) is 6.29. The van der Waals surface area contributed by atoms with Crippen molar-refractivity contribution in [3.8, 4) is 11.4 Å². The SMILES string of the molecule is NC(=O)c1nonc1-c1ccon1. The standard InChI is InChI=1S/C6H4N4O3/c7-6(11)5-4(9-13-10-5)3-1-2-12-8-3/h1-2H,(H2,7,11). The van der Waals surface area contributed by atoms with Gasteiger partial charge in [0, 0.05) is 6.07 Å². The number of hydrogen-bond donors (Lipinski definition) is 1. The smallest absolute Gasteiger partial charge is 0.273 e. The minimum Gasteiger partial charge on any atom is -0.364 e. The Bertz CT molecular complexity index is 419. The van der Waals surface area contributed by atoms with Gasteiger partial charge in [0.25, 0.3) is 5.91 Å².